The summed E-state index contributed by atoms with van der Waals surface area (Å²) in [5, 5.41) is 13.1. The Morgan fingerprint density at radius 1 is 1.29 bits per heavy atom. The molecule has 1 saturated carbocycles. The Morgan fingerprint density at radius 2 is 2.05 bits per heavy atom. The molecule has 4 nitrogen and oxygen atoms in total. The van der Waals surface area contributed by atoms with Gasteiger partial charge in [0.05, 0.1) is 11.7 Å². The summed E-state index contributed by atoms with van der Waals surface area (Å²) in [6, 6.07) is 5.51. The summed E-state index contributed by atoms with van der Waals surface area (Å²) in [6.45, 7) is 0.274. The third-order valence-corrected chi connectivity index (χ3v) is 4.24. The van der Waals surface area contributed by atoms with Gasteiger partial charge in [0.25, 0.3) is 5.91 Å². The SMILES string of the molecule is O=C(NC1CCC(O)CC1)C1=Cc2cc(Cl)ccc2OC1. The van der Waals surface area contributed by atoms with Crippen molar-refractivity contribution in [1.29, 1.82) is 0 Å². The van der Waals surface area contributed by atoms with Crippen LogP contribution in [0.25, 0.3) is 6.08 Å². The Balaban J connectivity index is 1.68. The highest BCUT2D eigenvalue weighted by Crippen LogP contribution is 2.29. The topological polar surface area (TPSA) is 58.6 Å². The highest BCUT2D eigenvalue weighted by Gasteiger charge is 2.23. The molecule has 1 aromatic carbocycles. The summed E-state index contributed by atoms with van der Waals surface area (Å²) in [4.78, 5) is 12.3. The second-order valence-corrected chi connectivity index (χ2v) is 6.06. The zero-order chi connectivity index (χ0) is 14.8. The predicted molar refractivity (Wildman–Crippen MR) is 81.3 cm³/mol. The van der Waals surface area contributed by atoms with Crippen molar-refractivity contribution in [3.8, 4) is 5.75 Å². The van der Waals surface area contributed by atoms with E-state index in [4.69, 9.17) is 16.3 Å². The zero-order valence-corrected chi connectivity index (χ0v) is 12.4. The van der Waals surface area contributed by atoms with E-state index in [0.717, 1.165) is 37.0 Å². The summed E-state index contributed by atoms with van der Waals surface area (Å²) >= 11 is 5.96. The number of hydrogen-bond acceptors (Lipinski definition) is 3. The molecular weight excluding hydrogens is 290 g/mol. The fourth-order valence-corrected chi connectivity index (χ4v) is 2.96. The second-order valence-electron chi connectivity index (χ2n) is 5.62. The molecule has 1 aliphatic heterocycles. The average molecular weight is 308 g/mol. The van der Waals surface area contributed by atoms with Gasteiger partial charge in [-0.25, -0.2) is 0 Å². The maximum atomic E-state index is 12.3. The fourth-order valence-electron chi connectivity index (χ4n) is 2.78. The molecule has 3 rings (SSSR count). The number of rotatable bonds is 2. The molecule has 0 aromatic heterocycles. The van der Waals surface area contributed by atoms with E-state index in [0.29, 0.717) is 10.6 Å². The lowest BCUT2D eigenvalue weighted by atomic mass is 9.93. The van der Waals surface area contributed by atoms with Crippen molar-refractivity contribution in [3.63, 3.8) is 0 Å². The summed E-state index contributed by atoms with van der Waals surface area (Å²) in [5.41, 5.74) is 1.44. The zero-order valence-electron chi connectivity index (χ0n) is 11.6. The molecule has 0 unspecified atom stereocenters. The van der Waals surface area contributed by atoms with Crippen LogP contribution in [0.1, 0.15) is 31.2 Å². The highest BCUT2D eigenvalue weighted by molar-refractivity contribution is 6.30. The molecule has 0 radical (unpaired) electrons. The molecule has 1 amide bonds. The van der Waals surface area contributed by atoms with Crippen molar-refractivity contribution in [1.82, 2.24) is 5.32 Å². The third-order valence-electron chi connectivity index (χ3n) is 4.01. The van der Waals surface area contributed by atoms with Crippen molar-refractivity contribution >= 4 is 23.6 Å². The van der Waals surface area contributed by atoms with Crippen LogP contribution in [-0.2, 0) is 4.79 Å². The Morgan fingerprint density at radius 3 is 2.81 bits per heavy atom. The molecular formula is C16H18ClNO3. The molecule has 1 aliphatic carbocycles. The maximum absolute atomic E-state index is 12.3. The normalized spacial score (nSPS) is 24.6. The van der Waals surface area contributed by atoms with E-state index in [-0.39, 0.29) is 24.7 Å². The summed E-state index contributed by atoms with van der Waals surface area (Å²) in [5.74, 6) is 0.652. The minimum atomic E-state index is -0.218. The number of hydrogen-bond donors (Lipinski definition) is 2. The quantitative estimate of drug-likeness (QED) is 0.883. The van der Waals surface area contributed by atoms with Crippen molar-refractivity contribution in [2.24, 2.45) is 0 Å². The number of ether oxygens (including phenoxy) is 1. The number of amides is 1. The van der Waals surface area contributed by atoms with Gasteiger partial charge in [-0.3, -0.25) is 4.79 Å². The standard InChI is InChI=1S/C16H18ClNO3/c17-12-1-6-15-10(8-12)7-11(9-21-15)16(20)18-13-2-4-14(19)5-3-13/h1,6-8,13-14,19H,2-5,9H2,(H,18,20). The van der Waals surface area contributed by atoms with Crippen LogP contribution in [0.15, 0.2) is 23.8 Å². The van der Waals surface area contributed by atoms with Crippen molar-refractivity contribution in [2.45, 2.75) is 37.8 Å². The van der Waals surface area contributed by atoms with Gasteiger partial charge in [-0.15, -0.1) is 0 Å². The number of fused-ring (bicyclic) bond motifs is 1. The molecule has 2 N–H and O–H groups in total. The smallest absolute Gasteiger partial charge is 0.250 e. The number of benzene rings is 1. The number of aliphatic hydroxyl groups excluding tert-OH is 1. The summed E-state index contributed by atoms with van der Waals surface area (Å²) < 4.78 is 5.59. The van der Waals surface area contributed by atoms with E-state index >= 15 is 0 Å². The number of aliphatic hydroxyl groups is 1. The van der Waals surface area contributed by atoms with E-state index in [1.54, 1.807) is 12.1 Å². The number of carbonyl (C=O) groups excluding carboxylic acids is 1. The van der Waals surface area contributed by atoms with Crippen molar-refractivity contribution in [2.75, 3.05) is 6.61 Å². The lowest BCUT2D eigenvalue weighted by Crippen LogP contribution is -2.40. The molecule has 112 valence electrons. The van der Waals surface area contributed by atoms with Crippen molar-refractivity contribution in [3.05, 3.63) is 34.4 Å². The molecule has 0 spiro atoms. The first-order valence-corrected chi connectivity index (χ1v) is 7.61. The van der Waals surface area contributed by atoms with Crippen LogP contribution >= 0.6 is 11.6 Å². The molecule has 2 aliphatic rings. The molecule has 1 fully saturated rings. The van der Waals surface area contributed by atoms with E-state index < -0.39 is 0 Å². The minimum absolute atomic E-state index is 0.0954. The summed E-state index contributed by atoms with van der Waals surface area (Å²) in [7, 11) is 0. The Kier molecular flexibility index (Phi) is 4.17. The number of carbonyl (C=O) groups is 1. The Bertz CT molecular complexity index is 577. The van der Waals surface area contributed by atoms with Crippen molar-refractivity contribution < 1.29 is 14.6 Å². The Hall–Kier alpha value is -1.52. The van der Waals surface area contributed by atoms with Crippen LogP contribution in [0.4, 0.5) is 0 Å². The van der Waals surface area contributed by atoms with Crippen LogP contribution < -0.4 is 10.1 Å². The van der Waals surface area contributed by atoms with Gasteiger partial charge >= 0.3 is 0 Å². The lowest BCUT2D eigenvalue weighted by Gasteiger charge is -2.27. The van der Waals surface area contributed by atoms with Gasteiger partial charge in [-0.2, -0.15) is 0 Å². The molecule has 21 heavy (non-hydrogen) atoms. The van der Waals surface area contributed by atoms with Gasteiger partial charge < -0.3 is 15.2 Å². The molecule has 0 saturated heterocycles. The van der Waals surface area contributed by atoms with Crippen LogP contribution in [0, 0.1) is 0 Å². The molecule has 0 atom stereocenters. The number of halogens is 1. The van der Waals surface area contributed by atoms with Crippen LogP contribution in [0.5, 0.6) is 5.75 Å². The molecule has 0 bridgehead atoms. The van der Waals surface area contributed by atoms with Gasteiger partial charge in [-0.1, -0.05) is 11.6 Å². The molecule has 5 heteroatoms. The largest absolute Gasteiger partial charge is 0.488 e. The van der Waals surface area contributed by atoms with Crippen LogP contribution in [-0.4, -0.2) is 29.8 Å². The van der Waals surface area contributed by atoms with E-state index in [1.165, 1.54) is 0 Å². The van der Waals surface area contributed by atoms with Gasteiger partial charge in [0.15, 0.2) is 0 Å². The first-order valence-electron chi connectivity index (χ1n) is 7.23. The van der Waals surface area contributed by atoms with Crippen LogP contribution in [0.2, 0.25) is 5.02 Å². The van der Waals surface area contributed by atoms with Gasteiger partial charge in [0, 0.05) is 16.6 Å². The molecule has 1 aromatic rings. The highest BCUT2D eigenvalue weighted by atomic mass is 35.5. The van der Waals surface area contributed by atoms with Gasteiger partial charge in [0.1, 0.15) is 12.4 Å². The fraction of sp³-hybridized carbons (Fsp3) is 0.438. The Labute approximate surface area is 128 Å². The van der Waals surface area contributed by atoms with Gasteiger partial charge in [0.2, 0.25) is 0 Å². The van der Waals surface area contributed by atoms with E-state index in [2.05, 4.69) is 5.32 Å². The van der Waals surface area contributed by atoms with E-state index in [1.807, 2.05) is 12.1 Å². The minimum Gasteiger partial charge on any atom is -0.488 e. The maximum Gasteiger partial charge on any atom is 0.250 e. The van der Waals surface area contributed by atoms with Crippen LogP contribution in [0.3, 0.4) is 0 Å². The predicted octanol–water partition coefficient (Wildman–Crippen LogP) is 2.54. The monoisotopic (exact) mass is 307 g/mol. The van der Waals surface area contributed by atoms with E-state index in [9.17, 15) is 9.90 Å². The second kappa shape index (κ2) is 6.08. The molecule has 1 heterocycles. The first kappa shape index (κ1) is 14.4. The average Bonchev–Trinajstić information content (AvgIpc) is 2.48. The lowest BCUT2D eigenvalue weighted by molar-refractivity contribution is -0.118. The number of nitrogens with one attached hydrogen (secondary N) is 1. The first-order chi connectivity index (χ1) is 10.1. The third kappa shape index (κ3) is 3.39. The van der Waals surface area contributed by atoms with Gasteiger partial charge in [-0.05, 0) is 50.0 Å². The summed E-state index contributed by atoms with van der Waals surface area (Å²) in [6.07, 6.45) is 4.76.